The fourth-order valence-corrected chi connectivity index (χ4v) is 7.50. The highest BCUT2D eigenvalue weighted by molar-refractivity contribution is 7.89. The standard InChI is InChI=1S/C28H33N3O4S2/c1-19(2)31(18-20-10-6-4-7-11-20)37(34,35)22-16-14-21(15-17-22)26(32)30-28-25(27(33)29-3)23-12-8-5-9-13-24(23)36-28/h4,6-7,10-11,14-17,19H,5,8-9,12-13,18H2,1-3H3,(H,29,33)(H,30,32). The molecule has 2 amide bonds. The van der Waals surface area contributed by atoms with Gasteiger partial charge in [0.05, 0.1) is 10.5 Å². The van der Waals surface area contributed by atoms with Gasteiger partial charge in [-0.05, 0) is 74.9 Å². The maximum atomic E-state index is 13.4. The first kappa shape index (κ1) is 27.0. The SMILES string of the molecule is CNC(=O)c1c(NC(=O)c2ccc(S(=O)(=O)N(Cc3ccccc3)C(C)C)cc2)sc2c1CCCCC2. The molecule has 9 heteroatoms. The molecule has 0 bridgehead atoms. The number of hydrogen-bond acceptors (Lipinski definition) is 5. The molecule has 1 aromatic heterocycles. The number of carbonyl (C=O) groups is 2. The predicted octanol–water partition coefficient (Wildman–Crippen LogP) is 5.23. The summed E-state index contributed by atoms with van der Waals surface area (Å²) in [5, 5.41) is 6.15. The number of nitrogens with one attached hydrogen (secondary N) is 2. The van der Waals surface area contributed by atoms with Crippen molar-refractivity contribution in [3.05, 3.63) is 81.7 Å². The molecule has 0 fully saturated rings. The number of hydrogen-bond donors (Lipinski definition) is 2. The molecule has 0 saturated carbocycles. The van der Waals surface area contributed by atoms with E-state index in [2.05, 4.69) is 10.6 Å². The summed E-state index contributed by atoms with van der Waals surface area (Å²) in [6.45, 7) is 3.94. The van der Waals surface area contributed by atoms with Crippen LogP contribution in [0.5, 0.6) is 0 Å². The van der Waals surface area contributed by atoms with Crippen LogP contribution in [0.15, 0.2) is 59.5 Å². The molecule has 4 rings (SSSR count). The number of aryl methyl sites for hydroxylation is 1. The van der Waals surface area contributed by atoms with Crippen LogP contribution in [0.2, 0.25) is 0 Å². The third kappa shape index (κ3) is 5.95. The lowest BCUT2D eigenvalue weighted by Crippen LogP contribution is -2.36. The number of anilines is 1. The van der Waals surface area contributed by atoms with E-state index in [1.54, 1.807) is 7.05 Å². The molecular weight excluding hydrogens is 506 g/mol. The van der Waals surface area contributed by atoms with Gasteiger partial charge in [-0.15, -0.1) is 11.3 Å². The molecule has 0 unspecified atom stereocenters. The summed E-state index contributed by atoms with van der Waals surface area (Å²) in [6.07, 6.45) is 4.95. The van der Waals surface area contributed by atoms with Crippen molar-refractivity contribution in [3.63, 3.8) is 0 Å². The highest BCUT2D eigenvalue weighted by Crippen LogP contribution is 2.37. The normalized spacial score (nSPS) is 13.8. The molecule has 37 heavy (non-hydrogen) atoms. The molecular formula is C28H33N3O4S2. The number of nitrogens with zero attached hydrogens (tertiary/aromatic N) is 1. The Labute approximate surface area is 223 Å². The Morgan fingerprint density at radius 3 is 2.27 bits per heavy atom. The van der Waals surface area contributed by atoms with E-state index in [0.29, 0.717) is 16.1 Å². The van der Waals surface area contributed by atoms with Crippen molar-refractivity contribution in [2.75, 3.05) is 12.4 Å². The Kier molecular flexibility index (Phi) is 8.46. The molecule has 0 aliphatic heterocycles. The van der Waals surface area contributed by atoms with Crippen LogP contribution in [0.4, 0.5) is 5.00 Å². The summed E-state index contributed by atoms with van der Waals surface area (Å²) in [4.78, 5) is 27.1. The number of rotatable bonds is 8. The van der Waals surface area contributed by atoms with E-state index in [-0.39, 0.29) is 29.3 Å². The minimum atomic E-state index is -3.78. The summed E-state index contributed by atoms with van der Waals surface area (Å²) >= 11 is 1.46. The van der Waals surface area contributed by atoms with Gasteiger partial charge in [0.15, 0.2) is 0 Å². The lowest BCUT2D eigenvalue weighted by atomic mass is 10.0. The summed E-state index contributed by atoms with van der Waals surface area (Å²) in [6, 6.07) is 15.2. The van der Waals surface area contributed by atoms with Gasteiger partial charge in [-0.3, -0.25) is 9.59 Å². The molecule has 0 saturated heterocycles. The van der Waals surface area contributed by atoms with Gasteiger partial charge in [0.2, 0.25) is 10.0 Å². The maximum absolute atomic E-state index is 13.4. The predicted molar refractivity (Wildman–Crippen MR) is 148 cm³/mol. The van der Waals surface area contributed by atoms with Crippen molar-refractivity contribution in [1.29, 1.82) is 0 Å². The van der Waals surface area contributed by atoms with Crippen molar-refractivity contribution in [1.82, 2.24) is 9.62 Å². The van der Waals surface area contributed by atoms with Crippen LogP contribution < -0.4 is 10.6 Å². The zero-order valence-corrected chi connectivity index (χ0v) is 23.0. The van der Waals surface area contributed by atoms with Crippen LogP contribution in [0, 0.1) is 0 Å². The first-order chi connectivity index (χ1) is 17.7. The van der Waals surface area contributed by atoms with Crippen molar-refractivity contribution in [3.8, 4) is 0 Å². The van der Waals surface area contributed by atoms with Gasteiger partial charge in [-0.1, -0.05) is 36.8 Å². The fraction of sp³-hybridized carbons (Fsp3) is 0.357. The van der Waals surface area contributed by atoms with E-state index >= 15 is 0 Å². The average Bonchev–Trinajstić information content (AvgIpc) is 3.06. The third-order valence-corrected chi connectivity index (χ3v) is 9.83. The van der Waals surface area contributed by atoms with Crippen LogP contribution in [0.1, 0.15) is 69.8 Å². The zero-order chi connectivity index (χ0) is 26.6. The second-order valence-electron chi connectivity index (χ2n) is 9.46. The average molecular weight is 540 g/mol. The second-order valence-corrected chi connectivity index (χ2v) is 12.5. The molecule has 0 spiro atoms. The number of thiophene rings is 1. The van der Waals surface area contributed by atoms with E-state index < -0.39 is 10.0 Å². The van der Waals surface area contributed by atoms with Gasteiger partial charge in [-0.2, -0.15) is 4.31 Å². The van der Waals surface area contributed by atoms with Crippen LogP contribution in [-0.4, -0.2) is 37.6 Å². The van der Waals surface area contributed by atoms with Crippen LogP contribution >= 0.6 is 11.3 Å². The van der Waals surface area contributed by atoms with Crippen molar-refractivity contribution in [2.24, 2.45) is 0 Å². The summed E-state index contributed by atoms with van der Waals surface area (Å²) in [5.74, 6) is -0.584. The number of sulfonamides is 1. The first-order valence-electron chi connectivity index (χ1n) is 12.6. The van der Waals surface area contributed by atoms with Gasteiger partial charge in [-0.25, -0.2) is 8.42 Å². The molecule has 2 N–H and O–H groups in total. The van der Waals surface area contributed by atoms with Crippen LogP contribution in [0.3, 0.4) is 0 Å². The van der Waals surface area contributed by atoms with Crippen molar-refractivity contribution < 1.29 is 18.0 Å². The maximum Gasteiger partial charge on any atom is 0.256 e. The van der Waals surface area contributed by atoms with E-state index in [9.17, 15) is 18.0 Å². The second kappa shape index (κ2) is 11.6. The lowest BCUT2D eigenvalue weighted by molar-refractivity contribution is 0.0963. The number of carbonyl (C=O) groups excluding carboxylic acids is 2. The number of fused-ring (bicyclic) bond motifs is 1. The molecule has 1 aliphatic carbocycles. The van der Waals surface area contributed by atoms with E-state index in [1.807, 2.05) is 44.2 Å². The number of benzene rings is 2. The Morgan fingerprint density at radius 1 is 0.946 bits per heavy atom. The molecule has 196 valence electrons. The fourth-order valence-electron chi connectivity index (χ4n) is 4.59. The molecule has 2 aromatic carbocycles. The summed E-state index contributed by atoms with van der Waals surface area (Å²) in [5.41, 5.74) is 2.80. The van der Waals surface area contributed by atoms with Gasteiger partial charge < -0.3 is 10.6 Å². The molecule has 3 aromatic rings. The number of amides is 2. The topological polar surface area (TPSA) is 95.6 Å². The molecule has 1 heterocycles. The Morgan fingerprint density at radius 2 is 1.62 bits per heavy atom. The highest BCUT2D eigenvalue weighted by Gasteiger charge is 2.28. The Balaban J connectivity index is 1.56. The molecule has 1 aliphatic rings. The van der Waals surface area contributed by atoms with Crippen molar-refractivity contribution >= 4 is 38.2 Å². The quantitative estimate of drug-likeness (QED) is 0.383. The smallest absolute Gasteiger partial charge is 0.256 e. The third-order valence-electron chi connectivity index (χ3n) is 6.58. The monoisotopic (exact) mass is 539 g/mol. The van der Waals surface area contributed by atoms with Gasteiger partial charge >= 0.3 is 0 Å². The summed E-state index contributed by atoms with van der Waals surface area (Å²) in [7, 11) is -2.19. The van der Waals surface area contributed by atoms with Gasteiger partial charge in [0.1, 0.15) is 5.00 Å². The first-order valence-corrected chi connectivity index (χ1v) is 14.8. The lowest BCUT2D eigenvalue weighted by Gasteiger charge is -2.26. The minimum Gasteiger partial charge on any atom is -0.355 e. The van der Waals surface area contributed by atoms with Gasteiger partial charge in [0.25, 0.3) is 11.8 Å². The van der Waals surface area contributed by atoms with E-state index in [4.69, 9.17) is 0 Å². The molecule has 0 atom stereocenters. The largest absolute Gasteiger partial charge is 0.355 e. The minimum absolute atomic E-state index is 0.127. The van der Waals surface area contributed by atoms with Crippen LogP contribution in [0.25, 0.3) is 0 Å². The van der Waals surface area contributed by atoms with E-state index in [0.717, 1.165) is 48.1 Å². The Hall–Kier alpha value is -3.01. The summed E-state index contributed by atoms with van der Waals surface area (Å²) < 4.78 is 28.3. The molecule has 7 nitrogen and oxygen atoms in total. The van der Waals surface area contributed by atoms with Gasteiger partial charge in [0, 0.05) is 30.1 Å². The van der Waals surface area contributed by atoms with Crippen LogP contribution in [-0.2, 0) is 29.4 Å². The van der Waals surface area contributed by atoms with E-state index in [1.165, 1.54) is 39.9 Å². The Bertz CT molecular complexity index is 1360. The van der Waals surface area contributed by atoms with Crippen molar-refractivity contribution in [2.45, 2.75) is 63.4 Å². The molecule has 0 radical (unpaired) electrons. The highest BCUT2D eigenvalue weighted by atomic mass is 32.2. The zero-order valence-electron chi connectivity index (χ0n) is 21.4.